The van der Waals surface area contributed by atoms with Crippen molar-refractivity contribution < 1.29 is 9.18 Å². The molecule has 1 fully saturated rings. The van der Waals surface area contributed by atoms with Gasteiger partial charge >= 0.3 is 0 Å². The van der Waals surface area contributed by atoms with Crippen molar-refractivity contribution >= 4 is 17.4 Å². The van der Waals surface area contributed by atoms with Crippen LogP contribution in [0.3, 0.4) is 0 Å². The topological polar surface area (TPSA) is 74.2 Å². The summed E-state index contributed by atoms with van der Waals surface area (Å²) >= 11 is 0. The van der Waals surface area contributed by atoms with Crippen LogP contribution in [0.5, 0.6) is 0 Å². The first-order valence-electron chi connectivity index (χ1n) is 10.8. The van der Waals surface area contributed by atoms with Gasteiger partial charge in [-0.1, -0.05) is 37.3 Å². The van der Waals surface area contributed by atoms with E-state index in [2.05, 4.69) is 37.0 Å². The minimum absolute atomic E-state index is 0.0170. The zero-order valence-electron chi connectivity index (χ0n) is 18.4. The normalized spacial score (nSPS) is 15.0. The summed E-state index contributed by atoms with van der Waals surface area (Å²) in [5, 5.41) is 2.94. The van der Waals surface area contributed by atoms with Crippen molar-refractivity contribution in [3.05, 3.63) is 65.7 Å². The molecule has 0 unspecified atom stereocenters. The summed E-state index contributed by atoms with van der Waals surface area (Å²) in [7, 11) is 0. The van der Waals surface area contributed by atoms with Crippen molar-refractivity contribution in [2.75, 3.05) is 38.0 Å². The van der Waals surface area contributed by atoms with Gasteiger partial charge in [-0.3, -0.25) is 9.69 Å². The predicted molar refractivity (Wildman–Crippen MR) is 122 cm³/mol. The van der Waals surface area contributed by atoms with Gasteiger partial charge < -0.3 is 10.2 Å². The number of aromatic nitrogens is 3. The van der Waals surface area contributed by atoms with E-state index in [0.29, 0.717) is 22.8 Å². The maximum Gasteiger partial charge on any atom is 0.184 e. The highest BCUT2D eigenvalue weighted by Crippen LogP contribution is 2.22. The molecule has 0 spiro atoms. The molecule has 3 aromatic rings. The summed E-state index contributed by atoms with van der Waals surface area (Å²) in [5.41, 5.74) is 2.42. The highest BCUT2D eigenvalue weighted by molar-refractivity contribution is 5.94. The molecule has 0 radical (unpaired) electrons. The fourth-order valence-electron chi connectivity index (χ4n) is 3.68. The molecule has 0 bridgehead atoms. The molecule has 1 aromatic carbocycles. The van der Waals surface area contributed by atoms with Crippen LogP contribution >= 0.6 is 0 Å². The van der Waals surface area contributed by atoms with E-state index in [1.807, 2.05) is 18.3 Å². The molecule has 0 atom stereocenters. The molecule has 1 aliphatic rings. The van der Waals surface area contributed by atoms with Gasteiger partial charge in [0.15, 0.2) is 23.2 Å². The van der Waals surface area contributed by atoms with Gasteiger partial charge in [-0.05, 0) is 25.1 Å². The second kappa shape index (κ2) is 9.93. The molecule has 1 N–H and O–H groups in total. The maximum absolute atomic E-state index is 14.3. The second-order valence-electron chi connectivity index (χ2n) is 7.91. The first-order valence-corrected chi connectivity index (χ1v) is 10.8. The molecule has 4 rings (SSSR count). The molecule has 2 aromatic heterocycles. The van der Waals surface area contributed by atoms with Crippen LogP contribution in [0.2, 0.25) is 0 Å². The number of nitrogens with zero attached hydrogens (tertiary/aromatic N) is 5. The number of anilines is 2. The number of hydrogen-bond acceptors (Lipinski definition) is 7. The van der Waals surface area contributed by atoms with E-state index in [0.717, 1.165) is 51.0 Å². The first-order chi connectivity index (χ1) is 15.5. The summed E-state index contributed by atoms with van der Waals surface area (Å²) in [4.78, 5) is 29.1. The number of hydrogen-bond donors (Lipinski definition) is 1. The lowest BCUT2D eigenvalue weighted by Crippen LogP contribution is -2.45. The van der Waals surface area contributed by atoms with Gasteiger partial charge in [0.1, 0.15) is 5.82 Å². The summed E-state index contributed by atoms with van der Waals surface area (Å²) in [5.74, 6) is 0.360. The number of halogens is 1. The largest absolute Gasteiger partial charge is 0.322 e. The summed E-state index contributed by atoms with van der Waals surface area (Å²) < 4.78 is 14.3. The van der Waals surface area contributed by atoms with Crippen LogP contribution in [0.1, 0.15) is 29.8 Å². The van der Waals surface area contributed by atoms with Crippen molar-refractivity contribution in [3.63, 3.8) is 0 Å². The van der Waals surface area contributed by atoms with E-state index in [9.17, 15) is 9.18 Å². The van der Waals surface area contributed by atoms with Gasteiger partial charge in [-0.15, -0.1) is 0 Å². The lowest BCUT2D eigenvalue weighted by molar-refractivity contribution is 0.101. The number of Topliss-reactive ketones (excluding diaryl/α,β-unsaturated/α-hetero) is 1. The van der Waals surface area contributed by atoms with E-state index in [1.165, 1.54) is 6.92 Å². The first kappa shape index (κ1) is 22.0. The third-order valence-electron chi connectivity index (χ3n) is 5.68. The SMILES string of the molecule is CCN1CCN(Cc2ccc(Nc3nc(-c4ccc(C(C)=O)cc4)ncc3F)nc2)CC1. The molecule has 166 valence electrons. The van der Waals surface area contributed by atoms with Crippen molar-refractivity contribution in [2.45, 2.75) is 20.4 Å². The maximum atomic E-state index is 14.3. The smallest absolute Gasteiger partial charge is 0.184 e. The number of carbonyl (C=O) groups is 1. The Morgan fingerprint density at radius 3 is 2.34 bits per heavy atom. The number of piperazine rings is 1. The Morgan fingerprint density at radius 1 is 1.00 bits per heavy atom. The molecule has 32 heavy (non-hydrogen) atoms. The third kappa shape index (κ3) is 5.33. The minimum Gasteiger partial charge on any atom is -0.322 e. The predicted octanol–water partition coefficient (Wildman–Crippen LogP) is 3.76. The molecule has 1 aliphatic heterocycles. The van der Waals surface area contributed by atoms with Gasteiger partial charge in [0.25, 0.3) is 0 Å². The van der Waals surface area contributed by atoms with Crippen molar-refractivity contribution in [2.24, 2.45) is 0 Å². The van der Waals surface area contributed by atoms with Gasteiger partial charge in [0, 0.05) is 50.0 Å². The van der Waals surface area contributed by atoms with Crippen LogP contribution in [-0.2, 0) is 6.54 Å². The number of carbonyl (C=O) groups excluding carboxylic acids is 1. The molecule has 0 aliphatic carbocycles. The molecule has 7 nitrogen and oxygen atoms in total. The molecule has 3 heterocycles. The fraction of sp³-hybridized carbons (Fsp3) is 0.333. The molecule has 0 amide bonds. The van der Waals surface area contributed by atoms with Gasteiger partial charge in [0.05, 0.1) is 6.20 Å². The standard InChI is InChI=1S/C24H27FN6O/c1-3-30-10-12-31(13-11-30)16-18-4-9-22(26-14-18)28-24-21(25)15-27-23(29-24)20-7-5-19(6-8-20)17(2)32/h4-9,14-15H,3,10-13,16H2,1-2H3,(H,26,27,28,29). The Labute approximate surface area is 187 Å². The molecule has 1 saturated heterocycles. The van der Waals surface area contributed by atoms with Crippen molar-refractivity contribution in [3.8, 4) is 11.4 Å². The van der Waals surface area contributed by atoms with Gasteiger partial charge in [0.2, 0.25) is 0 Å². The zero-order chi connectivity index (χ0) is 22.5. The number of pyridine rings is 1. The summed E-state index contributed by atoms with van der Waals surface area (Å²) in [6.07, 6.45) is 2.95. The van der Waals surface area contributed by atoms with E-state index in [4.69, 9.17) is 0 Å². The van der Waals surface area contributed by atoms with Crippen molar-refractivity contribution in [1.82, 2.24) is 24.8 Å². The minimum atomic E-state index is -0.561. The highest BCUT2D eigenvalue weighted by Gasteiger charge is 2.16. The molecule has 0 saturated carbocycles. The van der Waals surface area contributed by atoms with Crippen LogP contribution in [-0.4, -0.2) is 63.3 Å². The molecule has 8 heteroatoms. The van der Waals surface area contributed by atoms with Crippen LogP contribution in [0, 0.1) is 5.82 Å². The van der Waals surface area contributed by atoms with E-state index >= 15 is 0 Å². The number of rotatable bonds is 7. The van der Waals surface area contributed by atoms with Crippen LogP contribution < -0.4 is 5.32 Å². The average Bonchev–Trinajstić information content (AvgIpc) is 2.82. The molecular formula is C24H27FN6O. The fourth-order valence-corrected chi connectivity index (χ4v) is 3.68. The van der Waals surface area contributed by atoms with Gasteiger partial charge in [-0.25, -0.2) is 19.3 Å². The number of ketones is 1. The molecular weight excluding hydrogens is 407 g/mol. The van der Waals surface area contributed by atoms with Gasteiger partial charge in [-0.2, -0.15) is 0 Å². The van der Waals surface area contributed by atoms with Crippen LogP contribution in [0.15, 0.2) is 48.8 Å². The summed E-state index contributed by atoms with van der Waals surface area (Å²) in [6.45, 7) is 9.95. The van der Waals surface area contributed by atoms with Crippen LogP contribution in [0.25, 0.3) is 11.4 Å². The van der Waals surface area contributed by atoms with E-state index < -0.39 is 5.82 Å². The third-order valence-corrected chi connectivity index (χ3v) is 5.68. The Kier molecular flexibility index (Phi) is 6.82. The van der Waals surface area contributed by atoms with E-state index in [1.54, 1.807) is 24.3 Å². The van der Waals surface area contributed by atoms with Crippen LogP contribution in [0.4, 0.5) is 16.0 Å². The number of benzene rings is 1. The second-order valence-corrected chi connectivity index (χ2v) is 7.91. The lowest BCUT2D eigenvalue weighted by Gasteiger charge is -2.33. The zero-order valence-corrected chi connectivity index (χ0v) is 18.4. The highest BCUT2D eigenvalue weighted by atomic mass is 19.1. The Balaban J connectivity index is 1.42. The van der Waals surface area contributed by atoms with Crippen molar-refractivity contribution in [1.29, 1.82) is 0 Å². The number of likely N-dealkylation sites (N-methyl/N-ethyl adjacent to an activating group) is 1. The number of nitrogens with one attached hydrogen (secondary N) is 1. The monoisotopic (exact) mass is 434 g/mol. The lowest BCUT2D eigenvalue weighted by atomic mass is 10.1. The Hall–Kier alpha value is -3.23. The average molecular weight is 435 g/mol. The summed E-state index contributed by atoms with van der Waals surface area (Å²) in [6, 6.07) is 10.8. The Morgan fingerprint density at radius 2 is 1.72 bits per heavy atom. The van der Waals surface area contributed by atoms with E-state index in [-0.39, 0.29) is 11.6 Å². The Bertz CT molecular complexity index is 1060. The quantitative estimate of drug-likeness (QED) is 0.568.